The lowest BCUT2D eigenvalue weighted by atomic mass is 9.88. The molecule has 6 heteroatoms. The first kappa shape index (κ1) is 25.5. The minimum Gasteiger partial charge on any atom is -0.466 e. The molecule has 0 saturated heterocycles. The Morgan fingerprint density at radius 3 is 2.53 bits per heavy atom. The molecule has 0 radical (unpaired) electrons. The summed E-state index contributed by atoms with van der Waals surface area (Å²) >= 11 is 0. The molecule has 5 rings (SSSR count). The van der Waals surface area contributed by atoms with Crippen molar-refractivity contribution in [2.45, 2.75) is 38.6 Å². The number of hydrogen-bond donors (Lipinski definition) is 0. The summed E-state index contributed by atoms with van der Waals surface area (Å²) in [5.74, 6) is -0.194. The summed E-state index contributed by atoms with van der Waals surface area (Å²) in [4.78, 5) is 31.7. The van der Waals surface area contributed by atoms with Crippen LogP contribution >= 0.6 is 0 Å². The van der Waals surface area contributed by atoms with Crippen molar-refractivity contribution in [3.63, 3.8) is 0 Å². The predicted octanol–water partition coefficient (Wildman–Crippen LogP) is 6.54. The van der Waals surface area contributed by atoms with Gasteiger partial charge in [-0.2, -0.15) is 0 Å². The van der Waals surface area contributed by atoms with E-state index < -0.39 is 5.97 Å². The quantitative estimate of drug-likeness (QED) is 0.210. The predicted molar refractivity (Wildman–Crippen MR) is 151 cm³/mol. The maximum Gasteiger partial charge on any atom is 0.330 e. The van der Waals surface area contributed by atoms with Gasteiger partial charge in [-0.25, -0.2) is 9.78 Å². The Bertz CT molecular complexity index is 1460. The smallest absolute Gasteiger partial charge is 0.330 e. The van der Waals surface area contributed by atoms with Crippen LogP contribution in [0.1, 0.15) is 43.2 Å². The lowest BCUT2D eigenvalue weighted by Crippen LogP contribution is -2.36. The standard InChI is InChI=1S/C32H33N3O3/c1-34-22-33-29-17-16-27(20-30(29)34)25-14-11-24(12-15-25)21-35(32(37)26-8-4-3-5-9-26)28-10-6-7-23(19-28)13-18-31(36)38-2/h6-7,10-20,22,26H,3-5,8-9,21H2,1-2H3. The Hall–Kier alpha value is -4.19. The van der Waals surface area contributed by atoms with E-state index in [0.29, 0.717) is 6.54 Å². The number of esters is 1. The van der Waals surface area contributed by atoms with Crippen LogP contribution in [0.15, 0.2) is 79.1 Å². The molecule has 0 atom stereocenters. The molecule has 6 nitrogen and oxygen atoms in total. The Morgan fingerprint density at radius 1 is 1.00 bits per heavy atom. The summed E-state index contributed by atoms with van der Waals surface area (Å²) in [7, 11) is 3.36. The van der Waals surface area contributed by atoms with Crippen molar-refractivity contribution in [1.29, 1.82) is 0 Å². The van der Waals surface area contributed by atoms with Crippen molar-refractivity contribution in [3.05, 3.63) is 90.3 Å². The van der Waals surface area contributed by atoms with Gasteiger partial charge in [-0.15, -0.1) is 0 Å². The third-order valence-electron chi connectivity index (χ3n) is 7.37. The number of anilines is 1. The molecule has 1 fully saturated rings. The number of nitrogens with zero attached hydrogens (tertiary/aromatic N) is 3. The van der Waals surface area contributed by atoms with E-state index in [1.165, 1.54) is 19.6 Å². The Labute approximate surface area is 223 Å². The van der Waals surface area contributed by atoms with Crippen LogP contribution in [0.2, 0.25) is 0 Å². The number of hydrogen-bond acceptors (Lipinski definition) is 4. The van der Waals surface area contributed by atoms with Crippen molar-refractivity contribution < 1.29 is 14.3 Å². The number of carbonyl (C=O) groups excluding carboxylic acids is 2. The molecule has 1 aliphatic carbocycles. The minimum atomic E-state index is -0.409. The number of fused-ring (bicyclic) bond motifs is 1. The minimum absolute atomic E-state index is 0.0444. The van der Waals surface area contributed by atoms with Crippen LogP contribution in [0.4, 0.5) is 5.69 Å². The molecular formula is C32H33N3O3. The number of aromatic nitrogens is 2. The highest BCUT2D eigenvalue weighted by Crippen LogP contribution is 2.30. The van der Waals surface area contributed by atoms with Crippen molar-refractivity contribution in [1.82, 2.24) is 9.55 Å². The average Bonchev–Trinajstić information content (AvgIpc) is 3.35. The molecule has 1 aliphatic rings. The van der Waals surface area contributed by atoms with Crippen LogP contribution in [0.5, 0.6) is 0 Å². The molecule has 1 aromatic heterocycles. The number of imidazole rings is 1. The van der Waals surface area contributed by atoms with Crippen LogP contribution in [0, 0.1) is 5.92 Å². The second-order valence-corrected chi connectivity index (χ2v) is 9.97. The zero-order valence-corrected chi connectivity index (χ0v) is 22.0. The van der Waals surface area contributed by atoms with Crippen LogP contribution in [0.3, 0.4) is 0 Å². The van der Waals surface area contributed by atoms with Crippen molar-refractivity contribution in [2.75, 3.05) is 12.0 Å². The summed E-state index contributed by atoms with van der Waals surface area (Å²) in [5.41, 5.74) is 7.07. The fourth-order valence-corrected chi connectivity index (χ4v) is 5.19. The van der Waals surface area contributed by atoms with Gasteiger partial charge in [0.15, 0.2) is 0 Å². The van der Waals surface area contributed by atoms with E-state index in [0.717, 1.165) is 64.7 Å². The second kappa shape index (κ2) is 11.5. The van der Waals surface area contributed by atoms with Crippen LogP contribution < -0.4 is 4.90 Å². The fraction of sp³-hybridized carbons (Fsp3) is 0.281. The molecule has 1 heterocycles. The van der Waals surface area contributed by atoms with Crippen molar-refractivity contribution >= 4 is 34.7 Å². The van der Waals surface area contributed by atoms with E-state index in [1.807, 2.05) is 53.2 Å². The fourth-order valence-electron chi connectivity index (χ4n) is 5.19. The molecule has 4 aromatic rings. The molecule has 0 N–H and O–H groups in total. The number of carbonyl (C=O) groups is 2. The third-order valence-corrected chi connectivity index (χ3v) is 7.37. The van der Waals surface area contributed by atoms with E-state index >= 15 is 0 Å². The van der Waals surface area contributed by atoms with Gasteiger partial charge in [0, 0.05) is 24.7 Å². The summed E-state index contributed by atoms with van der Waals surface area (Å²) in [6.07, 6.45) is 10.2. The van der Waals surface area contributed by atoms with Gasteiger partial charge in [0.1, 0.15) is 0 Å². The summed E-state index contributed by atoms with van der Waals surface area (Å²) in [6, 6.07) is 22.5. The number of aryl methyl sites for hydroxylation is 1. The number of rotatable bonds is 7. The molecule has 194 valence electrons. The molecular weight excluding hydrogens is 474 g/mol. The summed E-state index contributed by atoms with van der Waals surface area (Å²) < 4.78 is 6.74. The first-order chi connectivity index (χ1) is 18.5. The Balaban J connectivity index is 1.41. The molecule has 0 spiro atoms. The largest absolute Gasteiger partial charge is 0.466 e. The first-order valence-corrected chi connectivity index (χ1v) is 13.2. The molecule has 0 aliphatic heterocycles. The van der Waals surface area contributed by atoms with E-state index in [1.54, 1.807) is 6.08 Å². The van der Waals surface area contributed by atoms with Crippen molar-refractivity contribution in [2.24, 2.45) is 13.0 Å². The number of methoxy groups -OCH3 is 1. The summed E-state index contributed by atoms with van der Waals surface area (Å²) in [5, 5.41) is 0. The number of amides is 1. The van der Waals surface area contributed by atoms with Crippen molar-refractivity contribution in [3.8, 4) is 11.1 Å². The highest BCUT2D eigenvalue weighted by atomic mass is 16.5. The molecule has 38 heavy (non-hydrogen) atoms. The first-order valence-electron chi connectivity index (χ1n) is 13.2. The second-order valence-electron chi connectivity index (χ2n) is 9.97. The van der Waals surface area contributed by atoms with E-state index in [4.69, 9.17) is 4.74 Å². The highest BCUT2D eigenvalue weighted by molar-refractivity contribution is 5.95. The number of ether oxygens (including phenoxy) is 1. The molecule has 1 saturated carbocycles. The van der Waals surface area contributed by atoms with Crippen LogP contribution in [-0.2, 0) is 27.9 Å². The van der Waals surface area contributed by atoms with Gasteiger partial charge in [0.2, 0.25) is 5.91 Å². The van der Waals surface area contributed by atoms with Gasteiger partial charge < -0.3 is 14.2 Å². The van der Waals surface area contributed by atoms with E-state index in [9.17, 15) is 9.59 Å². The van der Waals surface area contributed by atoms with E-state index in [2.05, 4.69) is 41.4 Å². The molecule has 0 unspecified atom stereocenters. The number of benzene rings is 3. The van der Waals surface area contributed by atoms with Gasteiger partial charge in [0.05, 0.1) is 31.0 Å². The molecule has 0 bridgehead atoms. The monoisotopic (exact) mass is 507 g/mol. The van der Waals surface area contributed by atoms with Gasteiger partial charge >= 0.3 is 5.97 Å². The van der Waals surface area contributed by atoms with Gasteiger partial charge in [0.25, 0.3) is 0 Å². The zero-order chi connectivity index (χ0) is 26.5. The zero-order valence-electron chi connectivity index (χ0n) is 22.0. The Morgan fingerprint density at radius 2 is 1.76 bits per heavy atom. The normalized spacial score (nSPS) is 14.2. The highest BCUT2D eigenvalue weighted by Gasteiger charge is 2.27. The Kier molecular flexibility index (Phi) is 7.68. The lowest BCUT2D eigenvalue weighted by molar-refractivity contribution is -0.134. The molecule has 1 amide bonds. The summed E-state index contributed by atoms with van der Waals surface area (Å²) in [6.45, 7) is 0.487. The van der Waals surface area contributed by atoms with Gasteiger partial charge in [-0.3, -0.25) is 4.79 Å². The average molecular weight is 508 g/mol. The third kappa shape index (κ3) is 5.70. The van der Waals surface area contributed by atoms with E-state index in [-0.39, 0.29) is 11.8 Å². The SMILES string of the molecule is COC(=O)C=Cc1cccc(N(Cc2ccc(-c3ccc4ncn(C)c4c3)cc2)C(=O)C2CCCCC2)c1. The maximum absolute atomic E-state index is 13.8. The maximum atomic E-state index is 13.8. The van der Waals surface area contributed by atoms with Gasteiger partial charge in [-0.1, -0.05) is 61.7 Å². The topological polar surface area (TPSA) is 64.4 Å². The lowest BCUT2D eigenvalue weighted by Gasteiger charge is -2.30. The van der Waals surface area contributed by atoms with Gasteiger partial charge in [-0.05, 0) is 65.4 Å². The molecule has 3 aromatic carbocycles. The van der Waals surface area contributed by atoms with Crippen LogP contribution in [0.25, 0.3) is 28.2 Å². The van der Waals surface area contributed by atoms with Crippen LogP contribution in [-0.4, -0.2) is 28.5 Å².